The molecule has 0 heterocycles. The van der Waals surface area contributed by atoms with Gasteiger partial charge in [0.05, 0.1) is 0 Å². The predicted molar refractivity (Wildman–Crippen MR) is 119 cm³/mol. The molecule has 0 aliphatic carbocycles. The van der Waals surface area contributed by atoms with E-state index in [1.807, 2.05) is 12.1 Å². The Bertz CT molecular complexity index is 1000. The van der Waals surface area contributed by atoms with E-state index in [0.717, 1.165) is 16.7 Å². The molecule has 3 aromatic rings. The molecule has 3 rings (SSSR count). The minimum Gasteiger partial charge on any atom is -0.508 e. The zero-order valence-corrected chi connectivity index (χ0v) is 18.0. The van der Waals surface area contributed by atoms with Gasteiger partial charge in [-0.05, 0) is 45.9 Å². The first-order chi connectivity index (χ1) is 13.2. The van der Waals surface area contributed by atoms with Crippen molar-refractivity contribution < 1.29 is 18.1 Å². The first-order valence-electron chi connectivity index (χ1n) is 8.81. The fourth-order valence-corrected chi connectivity index (χ4v) is 3.59. The van der Waals surface area contributed by atoms with Gasteiger partial charge in [-0.3, -0.25) is 0 Å². The maximum Gasteiger partial charge on any atom is 0.339 e. The van der Waals surface area contributed by atoms with Crippen molar-refractivity contribution in [2.75, 3.05) is 0 Å². The molecule has 4 nitrogen and oxygen atoms in total. The zero-order valence-electron chi connectivity index (χ0n) is 15.9. The van der Waals surface area contributed by atoms with Gasteiger partial charge in [0.15, 0.2) is 28.8 Å². The van der Waals surface area contributed by atoms with Crippen molar-refractivity contribution in [1.29, 1.82) is 0 Å². The summed E-state index contributed by atoms with van der Waals surface area (Å²) in [6, 6.07) is 18.3. The molecule has 28 heavy (non-hydrogen) atoms. The van der Waals surface area contributed by atoms with Gasteiger partial charge < -0.3 is 13.3 Å². The van der Waals surface area contributed by atoms with Crippen LogP contribution >= 0.6 is 23.0 Å². The van der Waals surface area contributed by atoms with Crippen molar-refractivity contribution in [1.82, 2.24) is 0 Å². The summed E-state index contributed by atoms with van der Waals surface area (Å²) in [6.45, 7) is 6.48. The van der Waals surface area contributed by atoms with E-state index in [1.165, 1.54) is 5.56 Å². The maximum absolute atomic E-state index is 11.7. The molecule has 0 aliphatic heterocycles. The molecule has 0 spiro atoms. The van der Waals surface area contributed by atoms with Crippen molar-refractivity contribution in [3.05, 3.63) is 71.8 Å². The summed E-state index contributed by atoms with van der Waals surface area (Å²) < 4.78 is 5.49. The van der Waals surface area contributed by atoms with Crippen molar-refractivity contribution in [2.45, 2.75) is 26.2 Å². The smallest absolute Gasteiger partial charge is 0.339 e. The van der Waals surface area contributed by atoms with Crippen LogP contribution in [0.25, 0.3) is 22.3 Å². The molecule has 0 fully saturated rings. The van der Waals surface area contributed by atoms with Crippen molar-refractivity contribution in [3.8, 4) is 33.8 Å². The molecule has 5 heteroatoms. The number of rotatable bonds is 4. The second-order valence-electron chi connectivity index (χ2n) is 7.62. The molecule has 0 bridgehead atoms. The van der Waals surface area contributed by atoms with E-state index in [0.29, 0.717) is 5.56 Å². The SMILES string of the molecule is CC(C)(C)c1ccc(-c2ccc(C(=O)O)c(OI)c2-c2ccc(O)cc2)cc1. The van der Waals surface area contributed by atoms with Gasteiger partial charge in [-0.15, -0.1) is 0 Å². The highest BCUT2D eigenvalue weighted by molar-refractivity contribution is 14.1. The molecule has 144 valence electrons. The lowest BCUT2D eigenvalue weighted by Crippen LogP contribution is -2.10. The first-order valence-corrected chi connectivity index (χ1v) is 9.69. The van der Waals surface area contributed by atoms with Crippen molar-refractivity contribution in [3.63, 3.8) is 0 Å². The van der Waals surface area contributed by atoms with Crippen LogP contribution in [0, 0.1) is 0 Å². The summed E-state index contributed by atoms with van der Waals surface area (Å²) in [7, 11) is 0. The monoisotopic (exact) mass is 488 g/mol. The van der Waals surface area contributed by atoms with Gasteiger partial charge in [-0.1, -0.05) is 63.2 Å². The summed E-state index contributed by atoms with van der Waals surface area (Å²) in [6.07, 6.45) is 0. The van der Waals surface area contributed by atoms with E-state index in [1.54, 1.807) is 59.4 Å². The molecule has 0 saturated carbocycles. The van der Waals surface area contributed by atoms with Crippen molar-refractivity contribution >= 4 is 29.0 Å². The first kappa shape index (κ1) is 20.2. The molecule has 0 atom stereocenters. The second-order valence-corrected chi connectivity index (χ2v) is 8.06. The summed E-state index contributed by atoms with van der Waals surface area (Å²) >= 11 is 1.71. The van der Waals surface area contributed by atoms with E-state index in [9.17, 15) is 15.0 Å². The topological polar surface area (TPSA) is 66.8 Å². The van der Waals surface area contributed by atoms with Gasteiger partial charge >= 0.3 is 5.97 Å². The Morgan fingerprint density at radius 2 is 1.46 bits per heavy atom. The lowest BCUT2D eigenvalue weighted by molar-refractivity contribution is 0.0695. The number of benzene rings is 3. The molecule has 3 aromatic carbocycles. The molecular weight excluding hydrogens is 467 g/mol. The number of aromatic hydroxyl groups is 1. The second kappa shape index (κ2) is 7.83. The molecule has 0 unspecified atom stereocenters. The minimum atomic E-state index is -1.05. The Balaban J connectivity index is 2.26. The van der Waals surface area contributed by atoms with Crippen LogP contribution in [-0.4, -0.2) is 16.2 Å². The lowest BCUT2D eigenvalue weighted by Gasteiger charge is -2.20. The lowest BCUT2D eigenvalue weighted by atomic mass is 9.85. The predicted octanol–water partition coefficient (Wildman–Crippen LogP) is 6.45. The van der Waals surface area contributed by atoms with Gasteiger partial charge in [0.2, 0.25) is 0 Å². The molecule has 0 radical (unpaired) electrons. The highest BCUT2D eigenvalue weighted by Gasteiger charge is 2.22. The van der Waals surface area contributed by atoms with Crippen LogP contribution in [0.3, 0.4) is 0 Å². The number of carbonyl (C=O) groups is 1. The third-order valence-electron chi connectivity index (χ3n) is 4.68. The van der Waals surface area contributed by atoms with E-state index >= 15 is 0 Å². The van der Waals surface area contributed by atoms with Crippen LogP contribution in [0.15, 0.2) is 60.7 Å². The van der Waals surface area contributed by atoms with Crippen LogP contribution in [0.1, 0.15) is 36.7 Å². The summed E-state index contributed by atoms with van der Waals surface area (Å²) in [4.78, 5) is 11.7. The Kier molecular flexibility index (Phi) is 5.65. The Hall–Kier alpha value is -2.54. The molecular formula is C23H21IO4. The van der Waals surface area contributed by atoms with E-state index in [2.05, 4.69) is 32.9 Å². The quantitative estimate of drug-likeness (QED) is 0.415. The zero-order chi connectivity index (χ0) is 20.5. The van der Waals surface area contributed by atoms with Gasteiger partial charge in [-0.25, -0.2) is 4.79 Å². The van der Waals surface area contributed by atoms with Gasteiger partial charge in [0.25, 0.3) is 0 Å². The average molecular weight is 488 g/mol. The van der Waals surface area contributed by atoms with Crippen LogP contribution in [0.5, 0.6) is 11.5 Å². The van der Waals surface area contributed by atoms with E-state index in [-0.39, 0.29) is 22.5 Å². The third kappa shape index (κ3) is 3.99. The number of hydrogen-bond donors (Lipinski definition) is 2. The van der Waals surface area contributed by atoms with Crippen LogP contribution in [-0.2, 0) is 5.41 Å². The molecule has 0 aromatic heterocycles. The number of phenolic OH excluding ortho intramolecular Hbond substituents is 1. The Morgan fingerprint density at radius 1 is 0.893 bits per heavy atom. The van der Waals surface area contributed by atoms with Crippen LogP contribution in [0.2, 0.25) is 0 Å². The summed E-state index contributed by atoms with van der Waals surface area (Å²) in [5.74, 6) is -0.622. The number of phenols is 1. The number of carboxylic acids is 1. The molecule has 0 saturated heterocycles. The maximum atomic E-state index is 11.7. The van der Waals surface area contributed by atoms with E-state index in [4.69, 9.17) is 3.07 Å². The van der Waals surface area contributed by atoms with E-state index < -0.39 is 5.97 Å². The van der Waals surface area contributed by atoms with Crippen LogP contribution < -0.4 is 3.07 Å². The largest absolute Gasteiger partial charge is 0.508 e. The normalized spacial score (nSPS) is 11.3. The fourth-order valence-electron chi connectivity index (χ4n) is 3.14. The highest BCUT2D eigenvalue weighted by Crippen LogP contribution is 2.43. The number of halogens is 1. The van der Waals surface area contributed by atoms with Gasteiger partial charge in [-0.2, -0.15) is 0 Å². The standard InChI is InChI=1S/C23H21IO4/c1-23(2,3)16-8-4-14(5-9-16)18-12-13-19(22(26)27)21(28-24)20(18)15-6-10-17(25)11-7-15/h4-13,25H,1-3H3,(H,26,27). The summed E-state index contributed by atoms with van der Waals surface area (Å²) in [5, 5.41) is 19.2. The van der Waals surface area contributed by atoms with Crippen LogP contribution in [0.4, 0.5) is 0 Å². The Labute approximate surface area is 178 Å². The molecule has 2 N–H and O–H groups in total. The minimum absolute atomic E-state index is 0.0436. The van der Waals surface area contributed by atoms with Gasteiger partial charge in [0.1, 0.15) is 11.3 Å². The molecule has 0 aliphatic rings. The van der Waals surface area contributed by atoms with Crippen molar-refractivity contribution in [2.24, 2.45) is 0 Å². The molecule has 0 amide bonds. The number of carboxylic acid groups (broad SMARTS) is 1. The fraction of sp³-hybridized carbons (Fsp3) is 0.174. The average Bonchev–Trinajstić information content (AvgIpc) is 2.66. The highest BCUT2D eigenvalue weighted by atomic mass is 127. The number of hydrogen-bond acceptors (Lipinski definition) is 3. The third-order valence-corrected chi connectivity index (χ3v) is 5.12. The number of aromatic carboxylic acids is 1. The summed E-state index contributed by atoms with van der Waals surface area (Å²) in [5.41, 5.74) is 4.62. The van der Waals surface area contributed by atoms with Gasteiger partial charge in [0, 0.05) is 5.56 Å². The Morgan fingerprint density at radius 3 is 1.96 bits per heavy atom.